The summed E-state index contributed by atoms with van der Waals surface area (Å²) in [5.41, 5.74) is 0. The molecule has 0 N–H and O–H groups in total. The number of nitrogens with zero attached hydrogens (tertiary/aromatic N) is 1. The molecule has 0 aromatic heterocycles. The number of amides is 1. The summed E-state index contributed by atoms with van der Waals surface area (Å²) in [6.07, 6.45) is 4.27. The van der Waals surface area contributed by atoms with Crippen molar-refractivity contribution in [3.05, 3.63) is 6.42 Å². The quantitative estimate of drug-likeness (QED) is 0.481. The Kier molecular flexibility index (Phi) is 1.51. The van der Waals surface area contributed by atoms with Gasteiger partial charge in [0, 0.05) is 13.6 Å². The zero-order valence-corrected chi connectivity index (χ0v) is 5.00. The van der Waals surface area contributed by atoms with Gasteiger partial charge in [-0.05, 0) is 18.8 Å². The van der Waals surface area contributed by atoms with Crippen LogP contribution in [0, 0.1) is 12.3 Å². The molecule has 1 rings (SSSR count). The van der Waals surface area contributed by atoms with Crippen LogP contribution in [-0.2, 0) is 4.79 Å². The van der Waals surface area contributed by atoms with Gasteiger partial charge in [-0.2, -0.15) is 0 Å². The smallest absolute Gasteiger partial charge is 0.209 e. The van der Waals surface area contributed by atoms with Crippen molar-refractivity contribution in [1.82, 2.24) is 4.90 Å². The van der Waals surface area contributed by atoms with Gasteiger partial charge in [0.2, 0.25) is 6.41 Å². The summed E-state index contributed by atoms with van der Waals surface area (Å²) in [6.45, 7) is 0.906. The number of carbonyl (C=O) groups is 1. The van der Waals surface area contributed by atoms with Gasteiger partial charge < -0.3 is 4.90 Å². The Morgan fingerprint density at radius 3 is 3.00 bits per heavy atom. The second-order valence-corrected chi connectivity index (χ2v) is 2.28. The van der Waals surface area contributed by atoms with Crippen LogP contribution >= 0.6 is 0 Å². The molecule has 0 aromatic rings. The van der Waals surface area contributed by atoms with Crippen LogP contribution in [0.1, 0.15) is 6.42 Å². The van der Waals surface area contributed by atoms with Gasteiger partial charge in [0.05, 0.1) is 0 Å². The summed E-state index contributed by atoms with van der Waals surface area (Å²) in [4.78, 5) is 11.7. The average molecular weight is 112 g/mol. The maximum Gasteiger partial charge on any atom is 0.209 e. The van der Waals surface area contributed by atoms with Gasteiger partial charge in [-0.3, -0.25) is 4.79 Å². The molecule has 1 amide bonds. The first-order valence-corrected chi connectivity index (χ1v) is 2.82. The predicted molar refractivity (Wildman–Crippen MR) is 31.1 cm³/mol. The van der Waals surface area contributed by atoms with E-state index in [0.717, 1.165) is 13.0 Å². The summed E-state index contributed by atoms with van der Waals surface area (Å²) < 4.78 is 0. The third-order valence-electron chi connectivity index (χ3n) is 1.27. The second-order valence-electron chi connectivity index (χ2n) is 2.28. The van der Waals surface area contributed by atoms with Crippen LogP contribution in [0.15, 0.2) is 0 Å². The lowest BCUT2D eigenvalue weighted by molar-refractivity contribution is -0.117. The maximum atomic E-state index is 9.98. The minimum atomic E-state index is 0.699. The maximum absolute atomic E-state index is 9.98. The second kappa shape index (κ2) is 2.16. The molecular weight excluding hydrogens is 102 g/mol. The Hall–Kier alpha value is -0.530. The van der Waals surface area contributed by atoms with Gasteiger partial charge in [0.1, 0.15) is 0 Å². The molecule has 1 radical (unpaired) electrons. The molecule has 2 nitrogen and oxygen atoms in total. The fourth-order valence-electron chi connectivity index (χ4n) is 0.658. The van der Waals surface area contributed by atoms with Gasteiger partial charge in [0.15, 0.2) is 0 Å². The highest BCUT2D eigenvalue weighted by atomic mass is 16.1. The van der Waals surface area contributed by atoms with E-state index in [9.17, 15) is 4.79 Å². The number of hydrogen-bond acceptors (Lipinski definition) is 1. The summed E-state index contributed by atoms with van der Waals surface area (Å²) in [5, 5.41) is 0. The number of carbonyl (C=O) groups excluding carboxylic acids is 1. The normalized spacial score (nSPS) is 18.1. The molecule has 1 aliphatic carbocycles. The monoisotopic (exact) mass is 112 g/mol. The predicted octanol–water partition coefficient (Wildman–Crippen LogP) is 0.299. The van der Waals surface area contributed by atoms with Crippen molar-refractivity contribution in [2.45, 2.75) is 6.42 Å². The van der Waals surface area contributed by atoms with E-state index in [-0.39, 0.29) is 0 Å². The van der Waals surface area contributed by atoms with E-state index in [4.69, 9.17) is 0 Å². The van der Waals surface area contributed by atoms with Crippen LogP contribution in [0.3, 0.4) is 0 Å². The molecule has 0 spiro atoms. The van der Waals surface area contributed by atoms with Crippen molar-refractivity contribution in [3.8, 4) is 0 Å². The molecule has 8 heavy (non-hydrogen) atoms. The molecule has 1 fully saturated rings. The molecule has 45 valence electrons. The molecule has 1 aliphatic rings. The molecule has 1 saturated carbocycles. The Morgan fingerprint density at radius 2 is 2.62 bits per heavy atom. The highest BCUT2D eigenvalue weighted by Gasteiger charge is 2.22. The van der Waals surface area contributed by atoms with Crippen LogP contribution < -0.4 is 0 Å². The summed E-state index contributed by atoms with van der Waals surface area (Å²) in [6, 6.07) is 0. The van der Waals surface area contributed by atoms with Gasteiger partial charge in [-0.25, -0.2) is 0 Å². The summed E-state index contributed by atoms with van der Waals surface area (Å²) in [7, 11) is 1.80. The molecule has 0 heterocycles. The molecule has 0 aromatic carbocycles. The lowest BCUT2D eigenvalue weighted by Gasteiger charge is -2.06. The Balaban J connectivity index is 2.06. The van der Waals surface area contributed by atoms with E-state index in [0.29, 0.717) is 5.92 Å². The summed E-state index contributed by atoms with van der Waals surface area (Å²) >= 11 is 0. The van der Waals surface area contributed by atoms with E-state index >= 15 is 0 Å². The van der Waals surface area contributed by atoms with E-state index < -0.39 is 0 Å². The molecule has 0 bridgehead atoms. The molecular formula is C6H10NO. The largest absolute Gasteiger partial charge is 0.348 e. The van der Waals surface area contributed by atoms with Gasteiger partial charge in [0.25, 0.3) is 0 Å². The molecule has 2 heteroatoms. The van der Waals surface area contributed by atoms with Crippen molar-refractivity contribution in [1.29, 1.82) is 0 Å². The van der Waals surface area contributed by atoms with Crippen LogP contribution in [0.5, 0.6) is 0 Å². The van der Waals surface area contributed by atoms with Crippen LogP contribution in [-0.4, -0.2) is 24.9 Å². The van der Waals surface area contributed by atoms with Crippen LogP contribution in [0.4, 0.5) is 0 Å². The van der Waals surface area contributed by atoms with Gasteiger partial charge in [-0.1, -0.05) is 0 Å². The number of hydrogen-bond donors (Lipinski definition) is 0. The van der Waals surface area contributed by atoms with E-state index in [1.165, 1.54) is 6.42 Å². The third kappa shape index (κ3) is 1.52. The van der Waals surface area contributed by atoms with Crippen molar-refractivity contribution < 1.29 is 4.79 Å². The van der Waals surface area contributed by atoms with Crippen LogP contribution in [0.25, 0.3) is 0 Å². The van der Waals surface area contributed by atoms with Crippen LogP contribution in [0.2, 0.25) is 0 Å². The fourth-order valence-corrected chi connectivity index (χ4v) is 0.658. The molecule has 1 atom stereocenters. The first kappa shape index (κ1) is 5.60. The van der Waals surface area contributed by atoms with Crippen molar-refractivity contribution in [2.24, 2.45) is 5.92 Å². The average Bonchev–Trinajstić information content (AvgIpc) is 2.50. The van der Waals surface area contributed by atoms with Crippen molar-refractivity contribution in [3.63, 3.8) is 0 Å². The van der Waals surface area contributed by atoms with E-state index in [1.807, 2.05) is 0 Å². The standard InChI is InChI=1S/C6H10NO/c1-7(5-8)4-6-2-3-6/h2,5-6H,3-4H2,1H3. The highest BCUT2D eigenvalue weighted by Crippen LogP contribution is 2.27. The van der Waals surface area contributed by atoms with Gasteiger partial charge in [-0.15, -0.1) is 0 Å². The van der Waals surface area contributed by atoms with E-state index in [1.54, 1.807) is 11.9 Å². The SMILES string of the molecule is CN(C=O)CC1[CH]C1. The Bertz CT molecular complexity index is 88.5. The van der Waals surface area contributed by atoms with Gasteiger partial charge >= 0.3 is 0 Å². The lowest BCUT2D eigenvalue weighted by Crippen LogP contribution is -2.18. The number of rotatable bonds is 3. The third-order valence-corrected chi connectivity index (χ3v) is 1.27. The van der Waals surface area contributed by atoms with Crippen molar-refractivity contribution >= 4 is 6.41 Å². The molecule has 0 saturated heterocycles. The zero-order valence-electron chi connectivity index (χ0n) is 5.00. The molecule has 0 aliphatic heterocycles. The Morgan fingerprint density at radius 1 is 2.00 bits per heavy atom. The lowest BCUT2D eigenvalue weighted by atomic mass is 10.4. The summed E-state index contributed by atoms with van der Waals surface area (Å²) in [5.74, 6) is 0.699. The van der Waals surface area contributed by atoms with Crippen molar-refractivity contribution in [2.75, 3.05) is 13.6 Å². The minimum Gasteiger partial charge on any atom is -0.348 e. The first-order chi connectivity index (χ1) is 3.83. The van der Waals surface area contributed by atoms with E-state index in [2.05, 4.69) is 6.42 Å². The molecule has 1 unspecified atom stereocenters. The fraction of sp³-hybridized carbons (Fsp3) is 0.667. The highest BCUT2D eigenvalue weighted by molar-refractivity contribution is 5.46. The Labute approximate surface area is 49.5 Å². The minimum absolute atomic E-state index is 0.699. The first-order valence-electron chi connectivity index (χ1n) is 2.82. The zero-order chi connectivity index (χ0) is 5.98. The topological polar surface area (TPSA) is 20.3 Å².